The maximum Gasteiger partial charge on any atom is 0.313 e. The summed E-state index contributed by atoms with van der Waals surface area (Å²) in [7, 11) is 0. The van der Waals surface area contributed by atoms with Crippen LogP contribution in [0.5, 0.6) is 0 Å². The van der Waals surface area contributed by atoms with Crippen LogP contribution in [-0.4, -0.2) is 29.1 Å². The van der Waals surface area contributed by atoms with Gasteiger partial charge in [0.2, 0.25) is 0 Å². The maximum atomic E-state index is 12.8. The van der Waals surface area contributed by atoms with Gasteiger partial charge in [-0.1, -0.05) is 6.07 Å². The number of carbonyl (C=O) groups is 2. The van der Waals surface area contributed by atoms with E-state index in [1.807, 2.05) is 0 Å². The standard InChI is InChI=1S/C12H15FN2O3/c1-12(2,18)7-14-10(16)11(17)15-9-5-3-4-8(13)6-9/h3-6,18H,7H2,1-2H3,(H,14,16)(H,15,17). The number of hydrogen-bond acceptors (Lipinski definition) is 3. The molecule has 0 heterocycles. The second kappa shape index (κ2) is 5.59. The third kappa shape index (κ3) is 4.92. The Bertz CT molecular complexity index is 455. The molecule has 0 unspecified atom stereocenters. The minimum Gasteiger partial charge on any atom is -0.389 e. The van der Waals surface area contributed by atoms with Gasteiger partial charge in [-0.15, -0.1) is 0 Å². The summed E-state index contributed by atoms with van der Waals surface area (Å²) in [5, 5.41) is 13.9. The zero-order valence-corrected chi connectivity index (χ0v) is 10.2. The van der Waals surface area contributed by atoms with Crippen molar-refractivity contribution in [3.8, 4) is 0 Å². The second-order valence-corrected chi connectivity index (χ2v) is 4.46. The molecule has 98 valence electrons. The van der Waals surface area contributed by atoms with Crippen molar-refractivity contribution in [1.82, 2.24) is 5.32 Å². The van der Waals surface area contributed by atoms with E-state index in [4.69, 9.17) is 0 Å². The lowest BCUT2D eigenvalue weighted by molar-refractivity contribution is -0.136. The molecule has 0 radical (unpaired) electrons. The summed E-state index contributed by atoms with van der Waals surface area (Å²) in [6, 6.07) is 5.20. The number of benzene rings is 1. The third-order valence-electron chi connectivity index (χ3n) is 1.97. The van der Waals surface area contributed by atoms with E-state index in [1.54, 1.807) is 0 Å². The van der Waals surface area contributed by atoms with E-state index in [1.165, 1.54) is 32.0 Å². The first-order chi connectivity index (χ1) is 8.28. The van der Waals surface area contributed by atoms with Crippen molar-refractivity contribution in [3.63, 3.8) is 0 Å². The highest BCUT2D eigenvalue weighted by atomic mass is 19.1. The fourth-order valence-electron chi connectivity index (χ4n) is 1.13. The first-order valence-corrected chi connectivity index (χ1v) is 5.35. The highest BCUT2D eigenvalue weighted by Crippen LogP contribution is 2.08. The van der Waals surface area contributed by atoms with Crippen LogP contribution in [0, 0.1) is 5.82 Å². The first-order valence-electron chi connectivity index (χ1n) is 5.35. The molecule has 1 aromatic carbocycles. The Kier molecular flexibility index (Phi) is 4.38. The van der Waals surface area contributed by atoms with Crippen LogP contribution in [0.3, 0.4) is 0 Å². The van der Waals surface area contributed by atoms with E-state index in [2.05, 4.69) is 10.6 Å². The molecule has 1 aromatic rings. The van der Waals surface area contributed by atoms with Crippen molar-refractivity contribution in [2.75, 3.05) is 11.9 Å². The molecule has 0 bridgehead atoms. The SMILES string of the molecule is CC(C)(O)CNC(=O)C(=O)Nc1cccc(F)c1. The topological polar surface area (TPSA) is 78.4 Å². The Morgan fingerprint density at radius 2 is 2.00 bits per heavy atom. The van der Waals surface area contributed by atoms with Crippen molar-refractivity contribution >= 4 is 17.5 Å². The van der Waals surface area contributed by atoms with Gasteiger partial charge in [0.15, 0.2) is 0 Å². The van der Waals surface area contributed by atoms with E-state index in [-0.39, 0.29) is 12.2 Å². The van der Waals surface area contributed by atoms with Gasteiger partial charge in [0.25, 0.3) is 0 Å². The molecule has 5 nitrogen and oxygen atoms in total. The van der Waals surface area contributed by atoms with Crippen molar-refractivity contribution < 1.29 is 19.1 Å². The molecule has 0 aliphatic heterocycles. The van der Waals surface area contributed by atoms with Crippen LogP contribution in [0.25, 0.3) is 0 Å². The number of halogens is 1. The normalized spacial score (nSPS) is 10.9. The molecule has 18 heavy (non-hydrogen) atoms. The van der Waals surface area contributed by atoms with Crippen LogP contribution in [0.1, 0.15) is 13.8 Å². The van der Waals surface area contributed by atoms with E-state index in [0.717, 1.165) is 6.07 Å². The molecule has 0 fully saturated rings. The number of hydrogen-bond donors (Lipinski definition) is 3. The van der Waals surface area contributed by atoms with Gasteiger partial charge in [-0.2, -0.15) is 0 Å². The minimum atomic E-state index is -1.10. The van der Waals surface area contributed by atoms with Gasteiger partial charge in [-0.25, -0.2) is 4.39 Å². The minimum absolute atomic E-state index is 0.0532. The molecule has 1 rings (SSSR count). The Labute approximate surface area is 104 Å². The molecular weight excluding hydrogens is 239 g/mol. The van der Waals surface area contributed by atoms with Crippen LogP contribution < -0.4 is 10.6 Å². The predicted octanol–water partition coefficient (Wildman–Crippen LogP) is 0.651. The molecule has 0 atom stereocenters. The lowest BCUT2D eigenvalue weighted by atomic mass is 10.1. The average molecular weight is 254 g/mol. The summed E-state index contributed by atoms with van der Waals surface area (Å²) in [5.41, 5.74) is -0.909. The molecule has 3 N–H and O–H groups in total. The number of aliphatic hydroxyl groups is 1. The Hall–Kier alpha value is -1.95. The van der Waals surface area contributed by atoms with Crippen molar-refractivity contribution in [2.24, 2.45) is 0 Å². The summed E-state index contributed by atoms with van der Waals surface area (Å²) < 4.78 is 12.8. The van der Waals surface area contributed by atoms with E-state index >= 15 is 0 Å². The van der Waals surface area contributed by atoms with Gasteiger partial charge < -0.3 is 15.7 Å². The lowest BCUT2D eigenvalue weighted by Gasteiger charge is -2.17. The predicted molar refractivity (Wildman–Crippen MR) is 64.3 cm³/mol. The number of carbonyl (C=O) groups excluding carboxylic acids is 2. The number of anilines is 1. The van der Waals surface area contributed by atoms with Crippen molar-refractivity contribution in [1.29, 1.82) is 0 Å². The Morgan fingerprint density at radius 3 is 2.56 bits per heavy atom. The van der Waals surface area contributed by atoms with Crippen LogP contribution in [0.15, 0.2) is 24.3 Å². The quantitative estimate of drug-likeness (QED) is 0.693. The summed E-state index contributed by atoms with van der Waals surface area (Å²) in [6.45, 7) is 2.94. The zero-order valence-electron chi connectivity index (χ0n) is 10.2. The molecule has 0 aliphatic carbocycles. The third-order valence-corrected chi connectivity index (χ3v) is 1.97. The molecule has 2 amide bonds. The number of rotatable bonds is 3. The molecule has 0 aromatic heterocycles. The van der Waals surface area contributed by atoms with Crippen molar-refractivity contribution in [2.45, 2.75) is 19.4 Å². The fourth-order valence-corrected chi connectivity index (χ4v) is 1.13. The second-order valence-electron chi connectivity index (χ2n) is 4.46. The lowest BCUT2D eigenvalue weighted by Crippen LogP contribution is -2.43. The molecular formula is C12H15FN2O3. The number of amides is 2. The smallest absolute Gasteiger partial charge is 0.313 e. The molecule has 0 spiro atoms. The molecule has 0 saturated heterocycles. The van der Waals surface area contributed by atoms with Crippen LogP contribution in [-0.2, 0) is 9.59 Å². The fraction of sp³-hybridized carbons (Fsp3) is 0.333. The summed E-state index contributed by atoms with van der Waals surface area (Å²) >= 11 is 0. The summed E-state index contributed by atoms with van der Waals surface area (Å²) in [4.78, 5) is 22.8. The summed E-state index contributed by atoms with van der Waals surface area (Å²) in [5.74, 6) is -2.31. The maximum absolute atomic E-state index is 12.8. The summed E-state index contributed by atoms with van der Waals surface area (Å²) in [6.07, 6.45) is 0. The van der Waals surface area contributed by atoms with Gasteiger partial charge in [-0.05, 0) is 32.0 Å². The molecule has 6 heteroatoms. The van der Waals surface area contributed by atoms with Gasteiger partial charge in [0.1, 0.15) is 5.82 Å². The number of nitrogens with one attached hydrogen (secondary N) is 2. The molecule has 0 saturated carbocycles. The highest BCUT2D eigenvalue weighted by Gasteiger charge is 2.18. The van der Waals surface area contributed by atoms with Crippen LogP contribution in [0.2, 0.25) is 0 Å². The van der Waals surface area contributed by atoms with Gasteiger partial charge in [0, 0.05) is 12.2 Å². The molecule has 0 aliphatic rings. The van der Waals surface area contributed by atoms with E-state index < -0.39 is 23.2 Å². The van der Waals surface area contributed by atoms with Crippen molar-refractivity contribution in [3.05, 3.63) is 30.1 Å². The van der Waals surface area contributed by atoms with Gasteiger partial charge >= 0.3 is 11.8 Å². The van der Waals surface area contributed by atoms with E-state index in [9.17, 15) is 19.1 Å². The Morgan fingerprint density at radius 1 is 1.33 bits per heavy atom. The van der Waals surface area contributed by atoms with E-state index in [0.29, 0.717) is 0 Å². The highest BCUT2D eigenvalue weighted by molar-refractivity contribution is 6.39. The van der Waals surface area contributed by atoms with Crippen LogP contribution in [0.4, 0.5) is 10.1 Å². The first kappa shape index (κ1) is 14.1. The Balaban J connectivity index is 2.53. The average Bonchev–Trinajstić information content (AvgIpc) is 2.24. The van der Waals surface area contributed by atoms with Crippen LogP contribution >= 0.6 is 0 Å². The largest absolute Gasteiger partial charge is 0.389 e. The zero-order chi connectivity index (χ0) is 13.8. The monoisotopic (exact) mass is 254 g/mol. The van der Waals surface area contributed by atoms with Gasteiger partial charge in [0.05, 0.1) is 5.60 Å². The van der Waals surface area contributed by atoms with Gasteiger partial charge in [-0.3, -0.25) is 9.59 Å².